The van der Waals surface area contributed by atoms with E-state index in [0.29, 0.717) is 26.1 Å². The molecule has 1 saturated heterocycles. The predicted molar refractivity (Wildman–Crippen MR) is 98.3 cm³/mol. The largest absolute Gasteiger partial charge is 0.395 e. The fourth-order valence-electron chi connectivity index (χ4n) is 5.44. The topological polar surface area (TPSA) is 76.0 Å². The normalized spacial score (nSPS) is 38.7. The maximum atomic E-state index is 11.5. The molecule has 6 atom stereocenters. The molecule has 3 aliphatic rings. The van der Waals surface area contributed by atoms with E-state index in [1.165, 1.54) is 0 Å². The minimum Gasteiger partial charge on any atom is -0.395 e. The van der Waals surface area contributed by atoms with Gasteiger partial charge in [-0.2, -0.15) is 0 Å². The molecule has 26 heavy (non-hydrogen) atoms. The number of aliphatic hydroxyl groups is 2. The van der Waals surface area contributed by atoms with E-state index in [4.69, 9.17) is 9.47 Å². The van der Waals surface area contributed by atoms with E-state index in [2.05, 4.69) is 25.7 Å². The van der Waals surface area contributed by atoms with Gasteiger partial charge < -0.3 is 24.5 Å². The molecule has 5 nitrogen and oxygen atoms in total. The summed E-state index contributed by atoms with van der Waals surface area (Å²) >= 11 is 0. The zero-order valence-corrected chi connectivity index (χ0v) is 15.9. The number of carbonyl (C=O) groups excluding carboxylic acids is 1. The van der Waals surface area contributed by atoms with Crippen molar-refractivity contribution < 1.29 is 24.5 Å². The van der Waals surface area contributed by atoms with Crippen LogP contribution in [0.2, 0.25) is 0 Å². The molecular weight excluding hydrogens is 332 g/mol. The Morgan fingerprint density at radius 2 is 2.08 bits per heavy atom. The van der Waals surface area contributed by atoms with Crippen LogP contribution in [-0.4, -0.2) is 48.2 Å². The molecule has 2 aliphatic carbocycles. The van der Waals surface area contributed by atoms with E-state index < -0.39 is 17.3 Å². The summed E-state index contributed by atoms with van der Waals surface area (Å²) in [5.74, 6) is -0.764. The second kappa shape index (κ2) is 7.19. The van der Waals surface area contributed by atoms with Crippen molar-refractivity contribution in [3.8, 4) is 0 Å². The molecule has 0 amide bonds. The maximum Gasteiger partial charge on any atom is 0.172 e. The fraction of sp³-hybridized carbons (Fsp3) is 0.762. The smallest absolute Gasteiger partial charge is 0.172 e. The number of carbonyl (C=O) groups is 1. The first kappa shape index (κ1) is 19.7. The molecule has 1 spiro atoms. The third kappa shape index (κ3) is 3.09. The average Bonchev–Trinajstić information content (AvgIpc) is 3.22. The first-order chi connectivity index (χ1) is 12.4. The van der Waals surface area contributed by atoms with Gasteiger partial charge in [0.25, 0.3) is 0 Å². The molecule has 2 fully saturated rings. The highest BCUT2D eigenvalue weighted by molar-refractivity contribution is 5.52. The summed E-state index contributed by atoms with van der Waals surface area (Å²) in [5.41, 5.74) is -0.870. The molecule has 3 unspecified atom stereocenters. The number of rotatable bonds is 7. The highest BCUT2D eigenvalue weighted by Gasteiger charge is 2.64. The Morgan fingerprint density at radius 1 is 1.38 bits per heavy atom. The number of hydrogen-bond donors (Lipinski definition) is 2. The SMILES string of the molecule is C=C[C@](C)(CO)CC(O)C1C2C3(CC[C@]2(CC=O)C=C[C@H]1C)OCCO3. The van der Waals surface area contributed by atoms with Gasteiger partial charge in [-0.15, -0.1) is 6.58 Å². The second-order valence-corrected chi connectivity index (χ2v) is 8.67. The lowest BCUT2D eigenvalue weighted by atomic mass is 9.59. The molecule has 1 aliphatic heterocycles. The number of aliphatic hydroxyl groups excluding tert-OH is 2. The monoisotopic (exact) mass is 364 g/mol. The van der Waals surface area contributed by atoms with Crippen LogP contribution in [0.15, 0.2) is 24.8 Å². The van der Waals surface area contributed by atoms with Crippen LogP contribution in [0.3, 0.4) is 0 Å². The molecule has 146 valence electrons. The van der Waals surface area contributed by atoms with Gasteiger partial charge in [-0.05, 0) is 24.7 Å². The molecule has 0 radical (unpaired) electrons. The van der Waals surface area contributed by atoms with Gasteiger partial charge in [0.05, 0.1) is 25.9 Å². The van der Waals surface area contributed by atoms with Gasteiger partial charge in [-0.25, -0.2) is 0 Å². The summed E-state index contributed by atoms with van der Waals surface area (Å²) in [6, 6.07) is 0. The van der Waals surface area contributed by atoms with Crippen molar-refractivity contribution in [2.45, 2.75) is 51.4 Å². The minimum absolute atomic E-state index is 0.0627. The molecule has 0 aromatic heterocycles. The molecule has 2 N–H and O–H groups in total. The van der Waals surface area contributed by atoms with Crippen molar-refractivity contribution in [3.63, 3.8) is 0 Å². The Bertz CT molecular complexity index is 567. The van der Waals surface area contributed by atoms with Gasteiger partial charge in [0.2, 0.25) is 0 Å². The summed E-state index contributed by atoms with van der Waals surface area (Å²) in [4.78, 5) is 11.5. The molecule has 0 bridgehead atoms. The van der Waals surface area contributed by atoms with Crippen LogP contribution < -0.4 is 0 Å². The summed E-state index contributed by atoms with van der Waals surface area (Å²) in [6.07, 6.45) is 8.73. The molecule has 1 heterocycles. The number of ether oxygens (including phenoxy) is 2. The van der Waals surface area contributed by atoms with Gasteiger partial charge in [-0.1, -0.05) is 32.1 Å². The van der Waals surface area contributed by atoms with Gasteiger partial charge in [0.1, 0.15) is 6.29 Å². The van der Waals surface area contributed by atoms with Crippen molar-refractivity contribution in [2.75, 3.05) is 19.8 Å². The van der Waals surface area contributed by atoms with Crippen molar-refractivity contribution in [3.05, 3.63) is 24.8 Å². The number of hydrogen-bond acceptors (Lipinski definition) is 5. The van der Waals surface area contributed by atoms with Gasteiger partial charge in [0.15, 0.2) is 5.79 Å². The van der Waals surface area contributed by atoms with Gasteiger partial charge >= 0.3 is 0 Å². The van der Waals surface area contributed by atoms with E-state index in [1.807, 2.05) is 6.92 Å². The van der Waals surface area contributed by atoms with Crippen LogP contribution >= 0.6 is 0 Å². The molecular formula is C21H32O5. The van der Waals surface area contributed by atoms with E-state index >= 15 is 0 Å². The number of aldehydes is 1. The van der Waals surface area contributed by atoms with Crippen LogP contribution in [0.4, 0.5) is 0 Å². The van der Waals surface area contributed by atoms with Crippen molar-refractivity contribution >= 4 is 6.29 Å². The third-order valence-electron chi connectivity index (χ3n) is 6.97. The zero-order valence-electron chi connectivity index (χ0n) is 15.9. The first-order valence-corrected chi connectivity index (χ1v) is 9.69. The quantitative estimate of drug-likeness (QED) is 0.536. The van der Waals surface area contributed by atoms with E-state index in [9.17, 15) is 15.0 Å². The van der Waals surface area contributed by atoms with Crippen molar-refractivity contribution in [2.24, 2.45) is 28.6 Å². The Balaban J connectivity index is 1.98. The van der Waals surface area contributed by atoms with Gasteiger partial charge in [-0.3, -0.25) is 0 Å². The summed E-state index contributed by atoms with van der Waals surface area (Å²) in [6.45, 7) is 8.86. The Labute approximate surface area is 156 Å². The molecule has 0 aromatic carbocycles. The van der Waals surface area contributed by atoms with Crippen LogP contribution in [0.25, 0.3) is 0 Å². The van der Waals surface area contributed by atoms with E-state index in [0.717, 1.165) is 19.1 Å². The maximum absolute atomic E-state index is 11.5. The zero-order chi connectivity index (χ0) is 19.0. The standard InChI is InChI=1S/C21H32O5/c1-4-19(3,14-23)13-16(24)17-15(2)5-6-20(9-10-22)7-8-21(18(17)20)25-11-12-26-21/h4-6,10,15-18,23-24H,1,7-9,11-14H2,2-3H3/t15-,16?,17?,18?,19+,20+/m1/s1. The van der Waals surface area contributed by atoms with Crippen LogP contribution in [0, 0.1) is 28.6 Å². The summed E-state index contributed by atoms with van der Waals surface area (Å²) in [5, 5.41) is 21.0. The fourth-order valence-corrected chi connectivity index (χ4v) is 5.44. The summed E-state index contributed by atoms with van der Waals surface area (Å²) < 4.78 is 12.2. The molecule has 3 rings (SSSR count). The van der Waals surface area contributed by atoms with Gasteiger partial charge in [0, 0.05) is 29.6 Å². The lowest BCUT2D eigenvalue weighted by Crippen LogP contribution is -2.52. The highest BCUT2D eigenvalue weighted by atomic mass is 16.7. The minimum atomic E-state index is -0.711. The Morgan fingerprint density at radius 3 is 2.65 bits per heavy atom. The predicted octanol–water partition coefficient (Wildman–Crippen LogP) is 2.47. The Hall–Kier alpha value is -1.01. The lowest BCUT2D eigenvalue weighted by Gasteiger charge is -2.49. The third-order valence-corrected chi connectivity index (χ3v) is 6.97. The Kier molecular flexibility index (Phi) is 5.46. The van der Waals surface area contributed by atoms with Crippen LogP contribution in [-0.2, 0) is 14.3 Å². The molecule has 0 aromatic rings. The van der Waals surface area contributed by atoms with Crippen LogP contribution in [0.5, 0.6) is 0 Å². The van der Waals surface area contributed by atoms with Crippen molar-refractivity contribution in [1.29, 1.82) is 0 Å². The number of allylic oxidation sites excluding steroid dienone is 2. The lowest BCUT2D eigenvalue weighted by molar-refractivity contribution is -0.219. The van der Waals surface area contributed by atoms with E-state index in [1.54, 1.807) is 6.08 Å². The second-order valence-electron chi connectivity index (χ2n) is 8.67. The number of fused-ring (bicyclic) bond motifs is 2. The molecule has 5 heteroatoms. The average molecular weight is 364 g/mol. The molecule has 1 saturated carbocycles. The van der Waals surface area contributed by atoms with Crippen molar-refractivity contribution in [1.82, 2.24) is 0 Å². The highest BCUT2D eigenvalue weighted by Crippen LogP contribution is 2.62. The van der Waals surface area contributed by atoms with Crippen LogP contribution in [0.1, 0.15) is 39.5 Å². The first-order valence-electron chi connectivity index (χ1n) is 9.69. The summed E-state index contributed by atoms with van der Waals surface area (Å²) in [7, 11) is 0. The van der Waals surface area contributed by atoms with E-state index in [-0.39, 0.29) is 29.8 Å².